The number of anilines is 1. The van der Waals surface area contributed by atoms with Crippen LogP contribution < -0.4 is 26.6 Å². The standard InChI is InChI=1S/C41H39N5O7S2/c47-35-18-19-36(48)46-37(34-9-5-21-55-34)40(51)44-31(22-25-10-14-28(15-11-25)27-6-2-1-3-7-27)38(49)43-32(24-30-8-4-20-54-30)39(50)45-33(41(52)53)23-26-12-16-29(42-35)17-13-26/h1-17,20-21,31-33,37H,18-19,22-24H2,(H,42,47)(H,43,49)(H,44,51)(H,45,50)(H,46,48)(H,52,53)/t31-,32+,33-,37?/m0/s1. The lowest BCUT2D eigenvalue weighted by molar-refractivity contribution is -0.142. The van der Waals surface area contributed by atoms with Gasteiger partial charge in [-0.15, -0.1) is 22.7 Å². The van der Waals surface area contributed by atoms with E-state index in [0.717, 1.165) is 16.0 Å². The SMILES string of the molecule is O=C1CCC(=O)NC(c2cccs2)C(=O)N[C@@H](Cc2ccc(-c3ccccc3)cc2)C(=O)N[C@H](Cc2cccs2)C(=O)N[C@H](C(=O)O)Cc2ccc(cc2)N1. The summed E-state index contributed by atoms with van der Waals surface area (Å²) >= 11 is 2.62. The number of amides is 5. The fraction of sp³-hybridized carbons (Fsp3) is 0.220. The van der Waals surface area contributed by atoms with Crippen molar-refractivity contribution in [2.45, 2.75) is 56.3 Å². The zero-order valence-electron chi connectivity index (χ0n) is 29.5. The Hall–Kier alpha value is -6.12. The van der Waals surface area contributed by atoms with Crippen LogP contribution in [0.25, 0.3) is 11.1 Å². The first-order chi connectivity index (χ1) is 26.6. The fourth-order valence-corrected chi connectivity index (χ4v) is 7.64. The molecular weight excluding hydrogens is 739 g/mol. The number of fused-ring (bicyclic) bond motifs is 18. The number of aliphatic carboxylic acids is 1. The van der Waals surface area contributed by atoms with Crippen molar-refractivity contribution >= 4 is 63.9 Å². The van der Waals surface area contributed by atoms with Gasteiger partial charge in [-0.3, -0.25) is 24.0 Å². The van der Waals surface area contributed by atoms with Gasteiger partial charge in [0.25, 0.3) is 0 Å². The lowest BCUT2D eigenvalue weighted by Crippen LogP contribution is -2.57. The predicted molar refractivity (Wildman–Crippen MR) is 210 cm³/mol. The van der Waals surface area contributed by atoms with Gasteiger partial charge >= 0.3 is 5.97 Å². The van der Waals surface area contributed by atoms with Gasteiger partial charge in [-0.1, -0.05) is 78.9 Å². The van der Waals surface area contributed by atoms with E-state index >= 15 is 0 Å². The van der Waals surface area contributed by atoms with E-state index in [9.17, 15) is 33.9 Å². The molecule has 6 N–H and O–H groups in total. The molecule has 282 valence electrons. The van der Waals surface area contributed by atoms with E-state index in [4.69, 9.17) is 0 Å². The van der Waals surface area contributed by atoms with Crippen molar-refractivity contribution in [1.82, 2.24) is 21.3 Å². The molecule has 3 aromatic carbocycles. The quantitative estimate of drug-likeness (QED) is 0.130. The number of nitrogens with one attached hydrogen (secondary N) is 5. The topological polar surface area (TPSA) is 183 Å². The smallest absolute Gasteiger partial charge is 0.326 e. The molecule has 7 rings (SSSR count). The Morgan fingerprint density at radius 3 is 1.93 bits per heavy atom. The molecule has 0 saturated carbocycles. The second-order valence-corrected chi connectivity index (χ2v) is 15.0. The van der Waals surface area contributed by atoms with Gasteiger partial charge in [0.1, 0.15) is 24.2 Å². The van der Waals surface area contributed by atoms with Crippen molar-refractivity contribution < 1.29 is 33.9 Å². The molecule has 2 bridgehead atoms. The highest BCUT2D eigenvalue weighted by molar-refractivity contribution is 7.10. The molecule has 1 unspecified atom stereocenters. The summed E-state index contributed by atoms with van der Waals surface area (Å²) in [6.45, 7) is 0. The third kappa shape index (κ3) is 10.7. The van der Waals surface area contributed by atoms with Crippen LogP contribution in [0.4, 0.5) is 5.69 Å². The molecule has 0 fully saturated rings. The van der Waals surface area contributed by atoms with Crippen molar-refractivity contribution in [3.63, 3.8) is 0 Å². The van der Waals surface area contributed by atoms with E-state index in [1.54, 1.807) is 53.9 Å². The molecule has 55 heavy (non-hydrogen) atoms. The molecule has 0 radical (unpaired) electrons. The van der Waals surface area contributed by atoms with Gasteiger partial charge in [-0.25, -0.2) is 4.79 Å². The van der Waals surface area contributed by atoms with Crippen LogP contribution in [0.3, 0.4) is 0 Å². The number of carboxylic acid groups (broad SMARTS) is 1. The van der Waals surface area contributed by atoms with Gasteiger partial charge in [-0.05, 0) is 57.3 Å². The number of thiophene rings is 2. The van der Waals surface area contributed by atoms with Crippen molar-refractivity contribution in [2.24, 2.45) is 0 Å². The Balaban J connectivity index is 1.33. The highest BCUT2D eigenvalue weighted by Crippen LogP contribution is 2.23. The largest absolute Gasteiger partial charge is 0.480 e. The van der Waals surface area contributed by atoms with E-state index in [1.165, 1.54) is 22.7 Å². The maximum Gasteiger partial charge on any atom is 0.326 e. The van der Waals surface area contributed by atoms with E-state index in [2.05, 4.69) is 26.6 Å². The molecule has 2 aliphatic rings. The first-order valence-electron chi connectivity index (χ1n) is 17.6. The zero-order valence-corrected chi connectivity index (χ0v) is 31.2. The van der Waals surface area contributed by atoms with Crippen LogP contribution in [-0.2, 0) is 48.0 Å². The van der Waals surface area contributed by atoms with Crippen molar-refractivity contribution in [2.75, 3.05) is 5.32 Å². The zero-order chi connectivity index (χ0) is 38.7. The lowest BCUT2D eigenvalue weighted by atomic mass is 9.99. The van der Waals surface area contributed by atoms with Gasteiger partial charge in [-0.2, -0.15) is 0 Å². The minimum atomic E-state index is -1.34. The van der Waals surface area contributed by atoms with Gasteiger partial charge < -0.3 is 31.7 Å². The molecule has 2 aliphatic heterocycles. The highest BCUT2D eigenvalue weighted by Gasteiger charge is 2.33. The Kier molecular flexibility index (Phi) is 12.8. The van der Waals surface area contributed by atoms with E-state index in [-0.39, 0.29) is 32.1 Å². The van der Waals surface area contributed by atoms with Gasteiger partial charge in [0.05, 0.1) is 0 Å². The fourth-order valence-electron chi connectivity index (χ4n) is 6.11. The number of hydrogen-bond donors (Lipinski definition) is 6. The van der Waals surface area contributed by atoms with Gasteiger partial charge in [0, 0.05) is 47.5 Å². The summed E-state index contributed by atoms with van der Waals surface area (Å²) in [6, 6.07) is 25.8. The van der Waals surface area contributed by atoms with Crippen LogP contribution in [0.1, 0.15) is 39.8 Å². The van der Waals surface area contributed by atoms with Gasteiger partial charge in [0.2, 0.25) is 29.5 Å². The van der Waals surface area contributed by atoms with Crippen LogP contribution >= 0.6 is 22.7 Å². The summed E-state index contributed by atoms with van der Waals surface area (Å²) < 4.78 is 0. The van der Waals surface area contributed by atoms with Crippen molar-refractivity contribution in [1.29, 1.82) is 0 Å². The van der Waals surface area contributed by atoms with E-state index in [1.807, 2.05) is 60.0 Å². The summed E-state index contributed by atoms with van der Waals surface area (Å²) in [4.78, 5) is 81.9. The predicted octanol–water partition coefficient (Wildman–Crippen LogP) is 4.63. The van der Waals surface area contributed by atoms with Gasteiger partial charge in [0.15, 0.2) is 0 Å². The Morgan fingerprint density at radius 1 is 0.618 bits per heavy atom. The highest BCUT2D eigenvalue weighted by atomic mass is 32.1. The second-order valence-electron chi connectivity index (χ2n) is 13.0. The molecule has 5 amide bonds. The maximum absolute atomic E-state index is 14.3. The molecule has 0 aliphatic carbocycles. The van der Waals surface area contributed by atoms with E-state index < -0.39 is 59.7 Å². The summed E-state index contributed by atoms with van der Waals surface area (Å²) in [5, 5.41) is 27.3. The van der Waals surface area contributed by atoms with Crippen molar-refractivity contribution in [3.05, 3.63) is 135 Å². The average Bonchev–Trinajstić information content (AvgIpc) is 3.92. The third-order valence-electron chi connectivity index (χ3n) is 9.02. The summed E-state index contributed by atoms with van der Waals surface area (Å²) in [7, 11) is 0. The molecule has 4 heterocycles. The van der Waals surface area contributed by atoms with Crippen molar-refractivity contribution in [3.8, 4) is 11.1 Å². The first-order valence-corrected chi connectivity index (χ1v) is 19.4. The lowest BCUT2D eigenvalue weighted by Gasteiger charge is -2.26. The van der Waals surface area contributed by atoms with E-state index in [0.29, 0.717) is 21.7 Å². The Bertz CT molecular complexity index is 2110. The molecule has 0 spiro atoms. The maximum atomic E-state index is 14.3. The number of rotatable bonds is 7. The van der Waals surface area contributed by atoms with Crippen LogP contribution in [-0.4, -0.2) is 58.7 Å². The second kappa shape index (κ2) is 18.3. The molecule has 12 nitrogen and oxygen atoms in total. The molecule has 14 heteroatoms. The summed E-state index contributed by atoms with van der Waals surface area (Å²) in [6.07, 6.45) is -0.365. The first kappa shape index (κ1) is 38.6. The molecule has 5 aromatic rings. The number of carbonyl (C=O) groups is 6. The molecule has 4 atom stereocenters. The normalized spacial score (nSPS) is 20.3. The summed E-state index contributed by atoms with van der Waals surface area (Å²) in [5.74, 6) is -4.32. The number of benzene rings is 3. The number of hydrogen-bond acceptors (Lipinski definition) is 8. The Labute approximate surface area is 325 Å². The van der Waals surface area contributed by atoms with Crippen LogP contribution in [0, 0.1) is 0 Å². The minimum Gasteiger partial charge on any atom is -0.480 e. The number of carboxylic acids is 1. The van der Waals surface area contributed by atoms with Crippen LogP contribution in [0.5, 0.6) is 0 Å². The monoisotopic (exact) mass is 777 g/mol. The van der Waals surface area contributed by atoms with Crippen LogP contribution in [0.2, 0.25) is 0 Å². The molecule has 0 saturated heterocycles. The average molecular weight is 778 g/mol. The molecule has 2 aromatic heterocycles. The Morgan fingerprint density at radius 2 is 1.25 bits per heavy atom. The minimum absolute atomic E-state index is 0.0266. The summed E-state index contributed by atoms with van der Waals surface area (Å²) in [5.41, 5.74) is 3.69. The number of carbonyl (C=O) groups excluding carboxylic acids is 5. The molecular formula is C41H39N5O7S2. The third-order valence-corrected chi connectivity index (χ3v) is 10.9. The van der Waals surface area contributed by atoms with Crippen LogP contribution in [0.15, 0.2) is 114 Å².